The molecule has 0 fully saturated rings. The molecule has 8 rings (SSSR count). The van der Waals surface area contributed by atoms with Crippen molar-refractivity contribution < 1.29 is 9.59 Å². The van der Waals surface area contributed by atoms with Crippen LogP contribution in [0.3, 0.4) is 0 Å². The Balaban J connectivity index is 1.18. The summed E-state index contributed by atoms with van der Waals surface area (Å²) in [5, 5.41) is 0. The second kappa shape index (κ2) is 6.39. The molecule has 0 bridgehead atoms. The van der Waals surface area contributed by atoms with Crippen LogP contribution in [-0.2, 0) is 6.42 Å². The Bertz CT molecular complexity index is 1790. The van der Waals surface area contributed by atoms with E-state index in [2.05, 4.69) is 0 Å². The lowest BCUT2D eigenvalue weighted by atomic mass is 10.0. The molecule has 0 saturated heterocycles. The van der Waals surface area contributed by atoms with Crippen LogP contribution >= 0.6 is 0 Å². The number of carbonyl (C=O) groups is 2. The molecule has 2 aromatic heterocycles. The molecule has 0 saturated carbocycles. The van der Waals surface area contributed by atoms with Crippen molar-refractivity contribution in [1.82, 2.24) is 19.1 Å². The molecule has 0 spiro atoms. The van der Waals surface area contributed by atoms with E-state index in [9.17, 15) is 9.59 Å². The van der Waals surface area contributed by atoms with Crippen LogP contribution in [0.25, 0.3) is 44.8 Å². The molecule has 0 atom stereocenters. The Kier molecular flexibility index (Phi) is 3.39. The van der Waals surface area contributed by atoms with Gasteiger partial charge in [0.25, 0.3) is 11.8 Å². The summed E-state index contributed by atoms with van der Waals surface area (Å²) in [5.41, 5.74) is 8.62. The van der Waals surface area contributed by atoms with E-state index in [-0.39, 0.29) is 11.8 Å². The maximum absolute atomic E-state index is 12.9. The Labute approximate surface area is 199 Å². The van der Waals surface area contributed by atoms with E-state index in [1.165, 1.54) is 0 Å². The fourth-order valence-corrected chi connectivity index (χ4v) is 5.45. The summed E-state index contributed by atoms with van der Waals surface area (Å²) in [7, 11) is 0. The van der Waals surface area contributed by atoms with Crippen molar-refractivity contribution >= 4 is 33.9 Å². The van der Waals surface area contributed by atoms with Crippen molar-refractivity contribution in [3.8, 4) is 22.8 Å². The third kappa shape index (κ3) is 2.38. The lowest BCUT2D eigenvalue weighted by molar-refractivity contribution is 0.0965. The number of benzene rings is 4. The SMILES string of the molecule is O=C1c2ccccc2-c2nc3cc(Cc4ccc5c(c4)nc4n5C(=O)c5ccccc5-4)ccc3n21. The standard InChI is InChI=1S/C29H16N4O2/c34-28-20-7-3-1-5-18(20)26-30-22-14-16(9-11-24(22)32(26)28)13-17-10-12-25-23(15-17)31-27-19-6-2-4-8-21(19)29(35)33(25)27/h1-12,14-15H,13H2. The molecule has 6 aromatic rings. The number of hydrogen-bond acceptors (Lipinski definition) is 4. The highest BCUT2D eigenvalue weighted by molar-refractivity contribution is 6.13. The molecule has 0 aliphatic carbocycles. The number of carbonyl (C=O) groups excluding carboxylic acids is 2. The van der Waals surface area contributed by atoms with E-state index in [1.54, 1.807) is 9.13 Å². The van der Waals surface area contributed by atoms with Gasteiger partial charge in [-0.2, -0.15) is 0 Å². The van der Waals surface area contributed by atoms with Gasteiger partial charge in [-0.05, 0) is 53.9 Å². The van der Waals surface area contributed by atoms with Gasteiger partial charge in [0.1, 0.15) is 11.6 Å². The predicted molar refractivity (Wildman–Crippen MR) is 133 cm³/mol. The highest BCUT2D eigenvalue weighted by atomic mass is 16.2. The van der Waals surface area contributed by atoms with Gasteiger partial charge in [-0.25, -0.2) is 9.97 Å². The molecule has 4 aromatic carbocycles. The van der Waals surface area contributed by atoms with Crippen molar-refractivity contribution in [2.75, 3.05) is 0 Å². The van der Waals surface area contributed by atoms with Gasteiger partial charge in [0, 0.05) is 11.1 Å². The van der Waals surface area contributed by atoms with Crippen LogP contribution in [0.2, 0.25) is 0 Å². The van der Waals surface area contributed by atoms with Gasteiger partial charge in [0.05, 0.1) is 33.2 Å². The van der Waals surface area contributed by atoms with Crippen LogP contribution in [-0.4, -0.2) is 30.9 Å². The van der Waals surface area contributed by atoms with Crippen molar-refractivity contribution in [2.24, 2.45) is 0 Å². The van der Waals surface area contributed by atoms with Crippen molar-refractivity contribution in [3.05, 3.63) is 107 Å². The van der Waals surface area contributed by atoms with Crippen molar-refractivity contribution in [2.45, 2.75) is 6.42 Å². The minimum absolute atomic E-state index is 0.0275. The smallest absolute Gasteiger partial charge is 0.264 e. The number of fused-ring (bicyclic) bond motifs is 10. The van der Waals surface area contributed by atoms with E-state index >= 15 is 0 Å². The van der Waals surface area contributed by atoms with Crippen LogP contribution in [0.1, 0.15) is 31.8 Å². The first-order valence-corrected chi connectivity index (χ1v) is 11.5. The quantitative estimate of drug-likeness (QED) is 0.356. The van der Waals surface area contributed by atoms with Gasteiger partial charge in [-0.1, -0.05) is 48.5 Å². The molecule has 164 valence electrons. The molecule has 0 radical (unpaired) electrons. The third-order valence-electron chi connectivity index (χ3n) is 7.05. The Morgan fingerprint density at radius 1 is 0.543 bits per heavy atom. The molecule has 4 heterocycles. The molecule has 0 N–H and O–H groups in total. The van der Waals surface area contributed by atoms with Crippen LogP contribution in [0.5, 0.6) is 0 Å². The van der Waals surface area contributed by atoms with Gasteiger partial charge in [-0.3, -0.25) is 18.7 Å². The summed E-state index contributed by atoms with van der Waals surface area (Å²) in [4.78, 5) is 35.4. The number of hydrogen-bond donors (Lipinski definition) is 0. The van der Waals surface area contributed by atoms with Crippen LogP contribution in [0.15, 0.2) is 84.9 Å². The minimum Gasteiger partial charge on any atom is -0.268 e. The van der Waals surface area contributed by atoms with Crippen LogP contribution in [0, 0.1) is 0 Å². The summed E-state index contributed by atoms with van der Waals surface area (Å²) < 4.78 is 3.41. The second-order valence-electron chi connectivity index (χ2n) is 9.07. The lowest BCUT2D eigenvalue weighted by Gasteiger charge is -2.04. The average Bonchev–Trinajstić information content (AvgIpc) is 3.59. The first kappa shape index (κ1) is 18.6. The molecule has 0 unspecified atom stereocenters. The van der Waals surface area contributed by atoms with Crippen molar-refractivity contribution in [3.63, 3.8) is 0 Å². The molecule has 2 aliphatic heterocycles. The fourth-order valence-electron chi connectivity index (χ4n) is 5.45. The highest BCUT2D eigenvalue weighted by Gasteiger charge is 2.31. The Morgan fingerprint density at radius 2 is 0.971 bits per heavy atom. The van der Waals surface area contributed by atoms with Gasteiger partial charge in [-0.15, -0.1) is 0 Å². The Morgan fingerprint density at radius 3 is 1.43 bits per heavy atom. The summed E-state index contributed by atoms with van der Waals surface area (Å²) in [6, 6.07) is 27.3. The maximum Gasteiger partial charge on any atom is 0.264 e. The fraction of sp³-hybridized carbons (Fsp3) is 0.0345. The monoisotopic (exact) mass is 452 g/mol. The molecule has 35 heavy (non-hydrogen) atoms. The summed E-state index contributed by atoms with van der Waals surface area (Å²) in [6.07, 6.45) is 0.700. The summed E-state index contributed by atoms with van der Waals surface area (Å²) in [5.74, 6) is 1.36. The molecule has 0 amide bonds. The zero-order valence-electron chi connectivity index (χ0n) is 18.4. The van der Waals surface area contributed by atoms with E-state index in [1.807, 2.05) is 84.9 Å². The topological polar surface area (TPSA) is 69.8 Å². The average molecular weight is 452 g/mol. The summed E-state index contributed by atoms with van der Waals surface area (Å²) >= 11 is 0. The van der Waals surface area contributed by atoms with E-state index < -0.39 is 0 Å². The van der Waals surface area contributed by atoms with Crippen LogP contribution < -0.4 is 0 Å². The molecular weight excluding hydrogens is 436 g/mol. The number of imidazole rings is 2. The predicted octanol–water partition coefficient (Wildman–Crippen LogP) is 5.31. The van der Waals surface area contributed by atoms with E-state index in [0.717, 1.165) is 44.3 Å². The first-order chi connectivity index (χ1) is 17.2. The number of aromatic nitrogens is 4. The molecule has 6 heteroatoms. The zero-order chi connectivity index (χ0) is 23.3. The normalized spacial score (nSPS) is 13.4. The molecular formula is C29H16N4O2. The first-order valence-electron chi connectivity index (χ1n) is 11.5. The highest BCUT2D eigenvalue weighted by Crippen LogP contribution is 2.36. The maximum atomic E-state index is 12.9. The number of nitrogens with zero attached hydrogens (tertiary/aromatic N) is 4. The largest absolute Gasteiger partial charge is 0.268 e. The van der Waals surface area contributed by atoms with Crippen molar-refractivity contribution in [1.29, 1.82) is 0 Å². The zero-order valence-corrected chi connectivity index (χ0v) is 18.4. The van der Waals surface area contributed by atoms with E-state index in [4.69, 9.17) is 9.97 Å². The van der Waals surface area contributed by atoms with Gasteiger partial charge < -0.3 is 0 Å². The van der Waals surface area contributed by atoms with Crippen LogP contribution in [0.4, 0.5) is 0 Å². The summed E-state index contributed by atoms with van der Waals surface area (Å²) in [6.45, 7) is 0. The van der Waals surface area contributed by atoms with Gasteiger partial charge >= 0.3 is 0 Å². The van der Waals surface area contributed by atoms with Gasteiger partial charge in [0.15, 0.2) is 0 Å². The second-order valence-corrected chi connectivity index (χ2v) is 9.07. The van der Waals surface area contributed by atoms with Gasteiger partial charge in [0.2, 0.25) is 0 Å². The molecule has 6 nitrogen and oxygen atoms in total. The molecule has 2 aliphatic rings. The number of rotatable bonds is 2. The third-order valence-corrected chi connectivity index (χ3v) is 7.05. The Hall–Kier alpha value is -4.84. The lowest BCUT2D eigenvalue weighted by Crippen LogP contribution is -2.05. The minimum atomic E-state index is -0.0275. The van der Waals surface area contributed by atoms with E-state index in [0.29, 0.717) is 29.2 Å².